The van der Waals surface area contributed by atoms with E-state index in [9.17, 15) is 10.1 Å². The number of nitrogens with zero attached hydrogens (tertiary/aromatic N) is 4. The molecule has 0 aliphatic heterocycles. The highest BCUT2D eigenvalue weighted by atomic mass is 32.1. The molecule has 1 atom stereocenters. The van der Waals surface area contributed by atoms with Gasteiger partial charge >= 0.3 is 0 Å². The van der Waals surface area contributed by atoms with E-state index in [0.29, 0.717) is 16.3 Å². The van der Waals surface area contributed by atoms with Crippen LogP contribution in [0.3, 0.4) is 0 Å². The lowest BCUT2D eigenvalue weighted by atomic mass is 9.95. The molecule has 0 aliphatic rings. The number of benzene rings is 2. The molecular weight excluding hydrogens is 380 g/mol. The zero-order chi connectivity index (χ0) is 20.4. The van der Waals surface area contributed by atoms with Crippen LogP contribution in [0.2, 0.25) is 0 Å². The van der Waals surface area contributed by atoms with Crippen molar-refractivity contribution in [2.24, 2.45) is 0 Å². The van der Waals surface area contributed by atoms with Gasteiger partial charge in [0.2, 0.25) is 0 Å². The fourth-order valence-electron chi connectivity index (χ4n) is 3.19. The minimum Gasteiger partial charge on any atom is -0.292 e. The number of aromatic nitrogens is 3. The van der Waals surface area contributed by atoms with Crippen LogP contribution in [0.1, 0.15) is 32.5 Å². The minimum atomic E-state index is -0.954. The number of carbonyl (C=O) groups excluding carboxylic acids is 1. The molecule has 5 nitrogen and oxygen atoms in total. The number of hydrogen-bond donors (Lipinski definition) is 0. The average molecular weight is 398 g/mol. The number of aryl methyl sites for hydroxylation is 2. The maximum atomic E-state index is 13.4. The Morgan fingerprint density at radius 1 is 1.10 bits per heavy atom. The second-order valence-electron chi connectivity index (χ2n) is 6.74. The summed E-state index contributed by atoms with van der Waals surface area (Å²) in [6.07, 6.45) is 1.71. The third kappa shape index (κ3) is 3.60. The van der Waals surface area contributed by atoms with Crippen molar-refractivity contribution in [2.75, 3.05) is 0 Å². The standard InChI is InChI=1S/C23H18N4OS/c1-15-8-6-7-11-18(15)21-20(13-27(26-21)17-9-4-3-5-10-17)22(28)19(12-24)23-25-16(2)14-29-23/h3-11,13-14,19H,1-2H3. The molecule has 0 saturated heterocycles. The van der Waals surface area contributed by atoms with Crippen LogP contribution < -0.4 is 0 Å². The van der Waals surface area contributed by atoms with E-state index >= 15 is 0 Å². The number of nitriles is 1. The molecule has 4 aromatic rings. The minimum absolute atomic E-state index is 0.290. The van der Waals surface area contributed by atoms with Crippen LogP contribution in [-0.2, 0) is 0 Å². The van der Waals surface area contributed by atoms with Gasteiger partial charge in [0.05, 0.1) is 17.3 Å². The second-order valence-corrected chi connectivity index (χ2v) is 7.63. The van der Waals surface area contributed by atoms with Crippen LogP contribution in [0.5, 0.6) is 0 Å². The maximum Gasteiger partial charge on any atom is 0.190 e. The Morgan fingerprint density at radius 2 is 1.83 bits per heavy atom. The van der Waals surface area contributed by atoms with Crippen molar-refractivity contribution >= 4 is 17.1 Å². The molecule has 0 fully saturated rings. The lowest BCUT2D eigenvalue weighted by molar-refractivity contribution is 0.0979. The predicted molar refractivity (Wildman–Crippen MR) is 113 cm³/mol. The Labute approximate surface area is 172 Å². The molecule has 1 unspecified atom stereocenters. The van der Waals surface area contributed by atoms with E-state index in [0.717, 1.165) is 22.5 Å². The molecule has 29 heavy (non-hydrogen) atoms. The zero-order valence-corrected chi connectivity index (χ0v) is 16.9. The third-order valence-electron chi connectivity index (χ3n) is 4.68. The molecule has 0 saturated carbocycles. The van der Waals surface area contributed by atoms with Gasteiger partial charge in [-0.3, -0.25) is 4.79 Å². The Balaban J connectivity index is 1.87. The van der Waals surface area contributed by atoms with E-state index in [2.05, 4.69) is 11.1 Å². The van der Waals surface area contributed by atoms with E-state index in [-0.39, 0.29) is 5.78 Å². The fourth-order valence-corrected chi connectivity index (χ4v) is 4.03. The molecule has 0 aliphatic carbocycles. The highest BCUT2D eigenvalue weighted by Gasteiger charge is 2.29. The summed E-state index contributed by atoms with van der Waals surface area (Å²) in [5.41, 5.74) is 4.53. The average Bonchev–Trinajstić information content (AvgIpc) is 3.36. The SMILES string of the molecule is Cc1csc(C(C#N)C(=O)c2cn(-c3ccccc3)nc2-c2ccccc2C)n1. The number of ketones is 1. The van der Waals surface area contributed by atoms with Gasteiger partial charge in [0.15, 0.2) is 11.7 Å². The van der Waals surface area contributed by atoms with Crippen molar-refractivity contribution in [3.63, 3.8) is 0 Å². The van der Waals surface area contributed by atoms with Crippen LogP contribution in [0, 0.1) is 25.2 Å². The van der Waals surface area contributed by atoms with Crippen LogP contribution in [-0.4, -0.2) is 20.5 Å². The first-order chi connectivity index (χ1) is 14.1. The monoisotopic (exact) mass is 398 g/mol. The van der Waals surface area contributed by atoms with Gasteiger partial charge in [0.1, 0.15) is 10.7 Å². The van der Waals surface area contributed by atoms with Crippen molar-refractivity contribution < 1.29 is 4.79 Å². The summed E-state index contributed by atoms with van der Waals surface area (Å²) >= 11 is 1.33. The fraction of sp³-hybridized carbons (Fsp3) is 0.130. The first-order valence-corrected chi connectivity index (χ1v) is 10.0. The van der Waals surface area contributed by atoms with Gasteiger partial charge in [-0.15, -0.1) is 11.3 Å². The summed E-state index contributed by atoms with van der Waals surface area (Å²) in [6, 6.07) is 19.5. The lowest BCUT2D eigenvalue weighted by Crippen LogP contribution is -2.11. The van der Waals surface area contributed by atoms with Crippen LogP contribution in [0.15, 0.2) is 66.2 Å². The smallest absolute Gasteiger partial charge is 0.190 e. The van der Waals surface area contributed by atoms with Crippen LogP contribution in [0.4, 0.5) is 0 Å². The van der Waals surface area contributed by atoms with Gasteiger partial charge in [0, 0.05) is 22.8 Å². The van der Waals surface area contributed by atoms with E-state index in [1.165, 1.54) is 11.3 Å². The second kappa shape index (κ2) is 7.82. The largest absolute Gasteiger partial charge is 0.292 e. The molecule has 2 aromatic heterocycles. The van der Waals surface area contributed by atoms with Crippen LogP contribution >= 0.6 is 11.3 Å². The highest BCUT2D eigenvalue weighted by Crippen LogP contribution is 2.31. The third-order valence-corrected chi connectivity index (χ3v) is 5.70. The summed E-state index contributed by atoms with van der Waals surface area (Å²) in [6.45, 7) is 3.84. The summed E-state index contributed by atoms with van der Waals surface area (Å²) in [4.78, 5) is 17.8. The van der Waals surface area contributed by atoms with Crippen molar-refractivity contribution in [3.8, 4) is 23.0 Å². The summed E-state index contributed by atoms with van der Waals surface area (Å²) in [7, 11) is 0. The molecule has 0 spiro atoms. The molecule has 2 heterocycles. The van der Waals surface area contributed by atoms with Crippen LogP contribution in [0.25, 0.3) is 16.9 Å². The summed E-state index contributed by atoms with van der Waals surface area (Å²) in [5.74, 6) is -1.24. The number of Topliss-reactive ketones (excluding diaryl/α,β-unsaturated/α-hetero) is 1. The maximum absolute atomic E-state index is 13.4. The van der Waals surface area contributed by atoms with E-state index in [1.807, 2.05) is 73.8 Å². The number of carbonyl (C=O) groups is 1. The topological polar surface area (TPSA) is 71.6 Å². The number of thiazole rings is 1. The van der Waals surface area contributed by atoms with E-state index < -0.39 is 5.92 Å². The molecule has 142 valence electrons. The molecule has 2 aromatic carbocycles. The molecule has 4 rings (SSSR count). The normalized spacial score (nSPS) is 11.8. The Hall–Kier alpha value is -3.56. The predicted octanol–water partition coefficient (Wildman–Crippen LogP) is 5.10. The first kappa shape index (κ1) is 18.8. The Morgan fingerprint density at radius 3 is 2.48 bits per heavy atom. The van der Waals surface area contributed by atoms with Gasteiger partial charge in [-0.25, -0.2) is 9.67 Å². The van der Waals surface area contributed by atoms with Gasteiger partial charge < -0.3 is 0 Å². The number of rotatable bonds is 5. The van der Waals surface area contributed by atoms with Crippen molar-refractivity contribution in [2.45, 2.75) is 19.8 Å². The van der Waals surface area contributed by atoms with Gasteiger partial charge in [0.25, 0.3) is 0 Å². The first-order valence-electron chi connectivity index (χ1n) is 9.15. The van der Waals surface area contributed by atoms with Gasteiger partial charge in [-0.2, -0.15) is 10.4 Å². The molecule has 0 amide bonds. The van der Waals surface area contributed by atoms with Crippen molar-refractivity contribution in [3.05, 3.63) is 88.0 Å². The molecule has 6 heteroatoms. The molecule has 0 bridgehead atoms. The van der Waals surface area contributed by atoms with E-state index in [1.54, 1.807) is 10.9 Å². The molecule has 0 N–H and O–H groups in total. The summed E-state index contributed by atoms with van der Waals surface area (Å²) < 4.78 is 1.69. The zero-order valence-electron chi connectivity index (χ0n) is 16.0. The lowest BCUT2D eigenvalue weighted by Gasteiger charge is -2.07. The summed E-state index contributed by atoms with van der Waals surface area (Å²) in [5, 5.41) is 16.8. The molecule has 0 radical (unpaired) electrons. The van der Waals surface area contributed by atoms with Crippen molar-refractivity contribution in [1.82, 2.24) is 14.8 Å². The Bertz CT molecular complexity index is 1220. The highest BCUT2D eigenvalue weighted by molar-refractivity contribution is 7.10. The number of hydrogen-bond acceptors (Lipinski definition) is 5. The van der Waals surface area contributed by atoms with E-state index in [4.69, 9.17) is 5.10 Å². The quantitative estimate of drug-likeness (QED) is 0.438. The molecular formula is C23H18N4OS. The number of para-hydroxylation sites is 1. The Kier molecular flexibility index (Phi) is 5.07. The van der Waals surface area contributed by atoms with Crippen molar-refractivity contribution in [1.29, 1.82) is 5.26 Å². The van der Waals surface area contributed by atoms with Gasteiger partial charge in [-0.05, 0) is 31.5 Å². The van der Waals surface area contributed by atoms with Gasteiger partial charge in [-0.1, -0.05) is 42.5 Å².